The zero-order chi connectivity index (χ0) is 13.8. The van der Waals surface area contributed by atoms with E-state index in [9.17, 15) is 4.79 Å². The number of morpholine rings is 1. The number of amides is 1. The molecule has 0 aromatic carbocycles. The Labute approximate surface area is 140 Å². The van der Waals surface area contributed by atoms with Gasteiger partial charge in [0.15, 0.2) is 0 Å². The Morgan fingerprint density at radius 3 is 2.38 bits per heavy atom. The lowest BCUT2D eigenvalue weighted by Crippen LogP contribution is -2.52. The molecule has 3 N–H and O–H groups in total. The highest BCUT2D eigenvalue weighted by Gasteiger charge is 2.30. The lowest BCUT2D eigenvalue weighted by atomic mass is 10.0. The molecule has 1 saturated carbocycles. The van der Waals surface area contributed by atoms with E-state index in [2.05, 4.69) is 24.1 Å². The minimum absolute atomic E-state index is 0. The van der Waals surface area contributed by atoms with Crippen LogP contribution in [0, 0.1) is 5.92 Å². The lowest BCUT2D eigenvalue weighted by molar-refractivity contribution is -0.126. The van der Waals surface area contributed by atoms with Gasteiger partial charge < -0.3 is 15.8 Å². The standard InChI is InChI=1S/C14H27N3O2.2ClH/c1-10(11(2)17-5-7-19-8-6-17)16-14(18)12-3-4-13(15)9-12;;/h10-13H,3-9,15H2,1-2H3,(H,16,18);2*1H. The zero-order valence-electron chi connectivity index (χ0n) is 12.9. The van der Waals surface area contributed by atoms with Gasteiger partial charge >= 0.3 is 0 Å². The summed E-state index contributed by atoms with van der Waals surface area (Å²) in [7, 11) is 0. The molecule has 2 aliphatic rings. The zero-order valence-corrected chi connectivity index (χ0v) is 14.5. The maximum atomic E-state index is 12.2. The van der Waals surface area contributed by atoms with Gasteiger partial charge in [-0.1, -0.05) is 0 Å². The Bertz CT molecular complexity index is 315. The van der Waals surface area contributed by atoms with Crippen LogP contribution >= 0.6 is 24.8 Å². The average Bonchev–Trinajstić information content (AvgIpc) is 2.85. The molecule has 1 heterocycles. The van der Waals surface area contributed by atoms with Crippen molar-refractivity contribution in [1.29, 1.82) is 0 Å². The Morgan fingerprint density at radius 2 is 1.86 bits per heavy atom. The van der Waals surface area contributed by atoms with Crippen molar-refractivity contribution >= 4 is 30.7 Å². The molecule has 0 aromatic heterocycles. The van der Waals surface area contributed by atoms with Crippen LogP contribution in [0.5, 0.6) is 0 Å². The Hall–Kier alpha value is -0.0700. The van der Waals surface area contributed by atoms with E-state index in [0.717, 1.165) is 45.6 Å². The second-order valence-electron chi connectivity index (χ2n) is 5.96. The number of nitrogens with two attached hydrogens (primary N) is 1. The monoisotopic (exact) mass is 341 g/mol. The van der Waals surface area contributed by atoms with Crippen molar-refractivity contribution in [3.8, 4) is 0 Å². The quantitative estimate of drug-likeness (QED) is 0.805. The number of nitrogens with zero attached hydrogens (tertiary/aromatic N) is 1. The van der Waals surface area contributed by atoms with Crippen LogP contribution in [0.4, 0.5) is 0 Å². The van der Waals surface area contributed by atoms with Crippen molar-refractivity contribution < 1.29 is 9.53 Å². The fourth-order valence-electron chi connectivity index (χ4n) is 3.02. The lowest BCUT2D eigenvalue weighted by Gasteiger charge is -2.36. The molecule has 2 rings (SSSR count). The van der Waals surface area contributed by atoms with Crippen LogP contribution in [0.2, 0.25) is 0 Å². The topological polar surface area (TPSA) is 67.6 Å². The summed E-state index contributed by atoms with van der Waals surface area (Å²) in [5.41, 5.74) is 5.87. The maximum Gasteiger partial charge on any atom is 0.223 e. The van der Waals surface area contributed by atoms with Crippen molar-refractivity contribution in [2.24, 2.45) is 11.7 Å². The Morgan fingerprint density at radius 1 is 1.24 bits per heavy atom. The van der Waals surface area contributed by atoms with Crippen molar-refractivity contribution in [2.45, 2.75) is 51.2 Å². The normalized spacial score (nSPS) is 28.9. The largest absolute Gasteiger partial charge is 0.379 e. The fraction of sp³-hybridized carbons (Fsp3) is 0.929. The van der Waals surface area contributed by atoms with Gasteiger partial charge in [-0.05, 0) is 33.1 Å². The van der Waals surface area contributed by atoms with Crippen molar-refractivity contribution in [2.75, 3.05) is 26.3 Å². The summed E-state index contributed by atoms with van der Waals surface area (Å²) in [4.78, 5) is 14.6. The van der Waals surface area contributed by atoms with Crippen LogP contribution in [0.25, 0.3) is 0 Å². The third-order valence-electron chi connectivity index (χ3n) is 4.56. The molecule has 5 nitrogen and oxygen atoms in total. The minimum atomic E-state index is 0. The van der Waals surface area contributed by atoms with Gasteiger partial charge in [0.1, 0.15) is 0 Å². The summed E-state index contributed by atoms with van der Waals surface area (Å²) in [6, 6.07) is 0.730. The highest BCUT2D eigenvalue weighted by Crippen LogP contribution is 2.24. The number of hydrogen-bond donors (Lipinski definition) is 2. The molecule has 1 saturated heterocycles. The van der Waals surface area contributed by atoms with E-state index in [1.807, 2.05) is 0 Å². The van der Waals surface area contributed by atoms with Crippen LogP contribution in [-0.4, -0.2) is 55.2 Å². The molecular weight excluding hydrogens is 313 g/mol. The third kappa shape index (κ3) is 5.91. The molecule has 2 fully saturated rings. The maximum absolute atomic E-state index is 12.2. The highest BCUT2D eigenvalue weighted by atomic mass is 35.5. The number of nitrogens with one attached hydrogen (secondary N) is 1. The van der Waals surface area contributed by atoms with Gasteiger partial charge in [-0.15, -0.1) is 24.8 Å². The summed E-state index contributed by atoms with van der Waals surface area (Å²) in [6.07, 6.45) is 2.75. The molecule has 4 unspecified atom stereocenters. The summed E-state index contributed by atoms with van der Waals surface area (Å²) in [6.45, 7) is 7.76. The number of carbonyl (C=O) groups is 1. The first-order valence-corrected chi connectivity index (χ1v) is 7.45. The van der Waals surface area contributed by atoms with Crippen LogP contribution in [0.1, 0.15) is 33.1 Å². The Kier molecular flexibility index (Phi) is 9.81. The smallest absolute Gasteiger partial charge is 0.223 e. The van der Waals surface area contributed by atoms with E-state index in [4.69, 9.17) is 10.5 Å². The highest BCUT2D eigenvalue weighted by molar-refractivity contribution is 5.85. The van der Waals surface area contributed by atoms with Crippen LogP contribution in [-0.2, 0) is 9.53 Å². The van der Waals surface area contributed by atoms with Crippen molar-refractivity contribution in [3.05, 3.63) is 0 Å². The van der Waals surface area contributed by atoms with Gasteiger partial charge in [0, 0.05) is 37.1 Å². The van der Waals surface area contributed by atoms with Gasteiger partial charge in [-0.2, -0.15) is 0 Å². The molecule has 7 heteroatoms. The summed E-state index contributed by atoms with van der Waals surface area (Å²) in [5.74, 6) is 0.301. The SMILES string of the molecule is CC(NC(=O)C1CCC(N)C1)C(C)N1CCOCC1.Cl.Cl. The van der Waals surface area contributed by atoms with Crippen LogP contribution in [0.15, 0.2) is 0 Å². The first-order valence-electron chi connectivity index (χ1n) is 7.45. The molecule has 21 heavy (non-hydrogen) atoms. The predicted octanol–water partition coefficient (Wildman–Crippen LogP) is 1.18. The van der Waals surface area contributed by atoms with Gasteiger partial charge in [-0.3, -0.25) is 9.69 Å². The molecule has 1 aliphatic carbocycles. The number of hydrogen-bond acceptors (Lipinski definition) is 4. The van der Waals surface area contributed by atoms with E-state index < -0.39 is 0 Å². The van der Waals surface area contributed by atoms with Crippen LogP contribution in [0.3, 0.4) is 0 Å². The molecule has 0 spiro atoms. The minimum Gasteiger partial charge on any atom is -0.379 e. The molecule has 1 aliphatic heterocycles. The van der Waals surface area contributed by atoms with E-state index in [-0.39, 0.29) is 48.7 Å². The first-order chi connectivity index (χ1) is 9.08. The second kappa shape index (κ2) is 9.85. The number of halogens is 2. The molecule has 0 aromatic rings. The van der Waals surface area contributed by atoms with Crippen LogP contribution < -0.4 is 11.1 Å². The molecule has 1 amide bonds. The number of rotatable bonds is 4. The number of carbonyl (C=O) groups excluding carboxylic acids is 1. The van der Waals surface area contributed by atoms with E-state index in [0.29, 0.717) is 6.04 Å². The predicted molar refractivity (Wildman–Crippen MR) is 89.3 cm³/mol. The molecule has 126 valence electrons. The summed E-state index contributed by atoms with van der Waals surface area (Å²) < 4.78 is 5.36. The van der Waals surface area contributed by atoms with E-state index in [1.165, 1.54) is 0 Å². The number of ether oxygens (including phenoxy) is 1. The van der Waals surface area contributed by atoms with Gasteiger partial charge in [0.2, 0.25) is 5.91 Å². The van der Waals surface area contributed by atoms with Gasteiger partial charge in [0.05, 0.1) is 13.2 Å². The van der Waals surface area contributed by atoms with Crippen molar-refractivity contribution in [1.82, 2.24) is 10.2 Å². The average molecular weight is 342 g/mol. The van der Waals surface area contributed by atoms with E-state index >= 15 is 0 Å². The molecule has 0 radical (unpaired) electrons. The fourth-order valence-corrected chi connectivity index (χ4v) is 3.02. The second-order valence-corrected chi connectivity index (χ2v) is 5.96. The van der Waals surface area contributed by atoms with Gasteiger partial charge in [-0.25, -0.2) is 0 Å². The van der Waals surface area contributed by atoms with Crippen molar-refractivity contribution in [3.63, 3.8) is 0 Å². The molecule has 0 bridgehead atoms. The van der Waals surface area contributed by atoms with Gasteiger partial charge in [0.25, 0.3) is 0 Å². The summed E-state index contributed by atoms with van der Waals surface area (Å²) >= 11 is 0. The third-order valence-corrected chi connectivity index (χ3v) is 4.56. The first kappa shape index (κ1) is 20.9. The molecule has 4 atom stereocenters. The Balaban J connectivity index is 0.00000200. The van der Waals surface area contributed by atoms with E-state index in [1.54, 1.807) is 0 Å². The summed E-state index contributed by atoms with van der Waals surface area (Å²) in [5, 5.41) is 3.16. The molecular formula is C14H29Cl2N3O2.